The van der Waals surface area contributed by atoms with Crippen LogP contribution in [-0.2, 0) is 16.1 Å². The fraction of sp³-hybridized carbons (Fsp3) is 0.522. The summed E-state index contributed by atoms with van der Waals surface area (Å²) in [5.41, 5.74) is 1.26. The molecule has 0 amide bonds. The van der Waals surface area contributed by atoms with Gasteiger partial charge in [0.05, 0.1) is 19.1 Å². The van der Waals surface area contributed by atoms with Gasteiger partial charge in [-0.1, -0.05) is 51.0 Å². The molecule has 1 fully saturated rings. The molecule has 0 unspecified atom stereocenters. The van der Waals surface area contributed by atoms with Crippen LogP contribution in [0.1, 0.15) is 45.1 Å². The molecule has 0 spiro atoms. The Kier molecular flexibility index (Phi) is 6.73. The van der Waals surface area contributed by atoms with Crippen molar-refractivity contribution in [3.63, 3.8) is 0 Å². The number of methoxy groups -OCH3 is 1. The molecule has 0 N–H and O–H groups in total. The van der Waals surface area contributed by atoms with Gasteiger partial charge in [-0.05, 0) is 35.9 Å². The Morgan fingerprint density at radius 2 is 2.04 bits per heavy atom. The van der Waals surface area contributed by atoms with Gasteiger partial charge in [-0.25, -0.2) is 0 Å². The van der Waals surface area contributed by atoms with Gasteiger partial charge in [-0.15, -0.1) is 0 Å². The Labute approximate surface area is 162 Å². The second-order valence-corrected chi connectivity index (χ2v) is 7.52. The van der Waals surface area contributed by atoms with E-state index in [2.05, 4.69) is 55.1 Å². The Morgan fingerprint density at radius 3 is 2.74 bits per heavy atom. The topological polar surface area (TPSA) is 38.8 Å². The monoisotopic (exact) mass is 369 g/mol. The van der Waals surface area contributed by atoms with Crippen molar-refractivity contribution in [3.05, 3.63) is 42.0 Å². The third-order valence-electron chi connectivity index (χ3n) is 5.43. The molecule has 0 aliphatic carbocycles. The number of unbranched alkanes of at least 4 members (excludes halogenated alkanes) is 1. The summed E-state index contributed by atoms with van der Waals surface area (Å²) in [6.45, 7) is 6.84. The number of ether oxygens (including phenoxy) is 2. The van der Waals surface area contributed by atoms with Crippen molar-refractivity contribution >= 4 is 16.7 Å². The van der Waals surface area contributed by atoms with E-state index >= 15 is 0 Å². The quantitative estimate of drug-likeness (QED) is 0.596. The number of hydrogen-bond acceptors (Lipinski definition) is 4. The first-order chi connectivity index (χ1) is 13.1. The largest absolute Gasteiger partial charge is 0.490 e. The van der Waals surface area contributed by atoms with E-state index in [0.717, 1.165) is 38.2 Å². The van der Waals surface area contributed by atoms with Crippen LogP contribution in [0, 0.1) is 5.92 Å². The van der Waals surface area contributed by atoms with E-state index in [1.165, 1.54) is 36.3 Å². The van der Waals surface area contributed by atoms with Crippen LogP contribution in [0.4, 0.5) is 0 Å². The number of hydrogen-bond donors (Lipinski definition) is 0. The number of nitrogens with zero attached hydrogens (tertiary/aromatic N) is 1. The van der Waals surface area contributed by atoms with Crippen molar-refractivity contribution in [2.24, 2.45) is 5.92 Å². The van der Waals surface area contributed by atoms with Crippen molar-refractivity contribution < 1.29 is 14.3 Å². The summed E-state index contributed by atoms with van der Waals surface area (Å²) in [6.07, 6.45) is 4.83. The van der Waals surface area contributed by atoms with Gasteiger partial charge >= 0.3 is 5.97 Å². The zero-order chi connectivity index (χ0) is 19.2. The third-order valence-corrected chi connectivity index (χ3v) is 5.43. The molecule has 4 heteroatoms. The zero-order valence-corrected chi connectivity index (χ0v) is 16.7. The lowest BCUT2D eigenvalue weighted by molar-refractivity contribution is -0.151. The molecule has 1 aliphatic heterocycles. The summed E-state index contributed by atoms with van der Waals surface area (Å²) in [5, 5.41) is 2.38. The first kappa shape index (κ1) is 19.7. The molecule has 2 aromatic carbocycles. The minimum atomic E-state index is -0.0971. The van der Waals surface area contributed by atoms with Crippen LogP contribution in [-0.4, -0.2) is 37.2 Å². The molecule has 2 aromatic rings. The Hall–Kier alpha value is -2.07. The number of fused-ring (bicyclic) bond motifs is 1. The summed E-state index contributed by atoms with van der Waals surface area (Å²) in [7, 11) is 1.46. The van der Waals surface area contributed by atoms with E-state index in [0.29, 0.717) is 0 Å². The maximum Gasteiger partial charge on any atom is 0.311 e. The van der Waals surface area contributed by atoms with E-state index in [1.807, 2.05) is 0 Å². The normalized spacial score (nSPS) is 16.1. The fourth-order valence-electron chi connectivity index (χ4n) is 3.74. The molecule has 4 nitrogen and oxygen atoms in total. The Bertz CT molecular complexity index is 767. The van der Waals surface area contributed by atoms with Gasteiger partial charge < -0.3 is 9.47 Å². The maximum absolute atomic E-state index is 11.5. The first-order valence-corrected chi connectivity index (χ1v) is 10.1. The van der Waals surface area contributed by atoms with Crippen LogP contribution in [0.3, 0.4) is 0 Å². The Balaban J connectivity index is 1.67. The van der Waals surface area contributed by atoms with Crippen LogP contribution in [0.15, 0.2) is 36.4 Å². The molecule has 0 aromatic heterocycles. The van der Waals surface area contributed by atoms with Gasteiger partial charge in [0.25, 0.3) is 0 Å². The number of carbonyl (C=O) groups excluding carboxylic acids is 1. The SMILES string of the molecule is CCCC[C@@H](CC)Oc1cccc2cc(CN3CC(C(=O)OC)C3)ccc12. The summed E-state index contributed by atoms with van der Waals surface area (Å²) < 4.78 is 11.1. The molecule has 146 valence electrons. The zero-order valence-electron chi connectivity index (χ0n) is 16.7. The van der Waals surface area contributed by atoms with Crippen molar-refractivity contribution in [1.29, 1.82) is 0 Å². The average Bonchev–Trinajstić information content (AvgIpc) is 2.66. The maximum atomic E-state index is 11.5. The van der Waals surface area contributed by atoms with Gasteiger partial charge in [0.15, 0.2) is 0 Å². The van der Waals surface area contributed by atoms with Crippen LogP contribution in [0.2, 0.25) is 0 Å². The molecule has 1 atom stereocenters. The number of rotatable bonds is 9. The minimum Gasteiger partial charge on any atom is -0.490 e. The lowest BCUT2D eigenvalue weighted by Crippen LogP contribution is -2.49. The summed E-state index contributed by atoms with van der Waals surface area (Å²) in [5.74, 6) is 0.918. The smallest absolute Gasteiger partial charge is 0.311 e. The molecule has 1 heterocycles. The van der Waals surface area contributed by atoms with Crippen molar-refractivity contribution in [2.75, 3.05) is 20.2 Å². The molecule has 1 aliphatic rings. The van der Waals surface area contributed by atoms with E-state index in [-0.39, 0.29) is 18.0 Å². The van der Waals surface area contributed by atoms with Gasteiger partial charge in [0, 0.05) is 25.0 Å². The molecular weight excluding hydrogens is 338 g/mol. The average molecular weight is 370 g/mol. The van der Waals surface area contributed by atoms with Crippen molar-refractivity contribution in [2.45, 2.75) is 52.2 Å². The van der Waals surface area contributed by atoms with E-state index < -0.39 is 0 Å². The van der Waals surface area contributed by atoms with Crippen molar-refractivity contribution in [1.82, 2.24) is 4.90 Å². The fourth-order valence-corrected chi connectivity index (χ4v) is 3.74. The number of benzene rings is 2. The highest BCUT2D eigenvalue weighted by molar-refractivity contribution is 5.88. The highest BCUT2D eigenvalue weighted by atomic mass is 16.5. The third kappa shape index (κ3) is 4.81. The van der Waals surface area contributed by atoms with Crippen molar-refractivity contribution in [3.8, 4) is 5.75 Å². The number of carbonyl (C=O) groups is 1. The van der Waals surface area contributed by atoms with Crippen LogP contribution < -0.4 is 4.74 Å². The summed E-state index contributed by atoms with van der Waals surface area (Å²) >= 11 is 0. The highest BCUT2D eigenvalue weighted by Crippen LogP contribution is 2.29. The molecule has 3 rings (SSSR count). The second-order valence-electron chi connectivity index (χ2n) is 7.52. The molecule has 1 saturated heterocycles. The Morgan fingerprint density at radius 1 is 1.22 bits per heavy atom. The van der Waals surface area contributed by atoms with Gasteiger partial charge in [0.2, 0.25) is 0 Å². The lowest BCUT2D eigenvalue weighted by Gasteiger charge is -2.37. The summed E-state index contributed by atoms with van der Waals surface area (Å²) in [6, 6.07) is 12.9. The lowest BCUT2D eigenvalue weighted by atomic mass is 9.98. The van der Waals surface area contributed by atoms with Crippen LogP contribution >= 0.6 is 0 Å². The van der Waals surface area contributed by atoms with E-state index in [1.54, 1.807) is 0 Å². The molecule has 27 heavy (non-hydrogen) atoms. The summed E-state index contributed by atoms with van der Waals surface area (Å²) in [4.78, 5) is 13.8. The highest BCUT2D eigenvalue weighted by Gasteiger charge is 2.33. The molecule has 0 bridgehead atoms. The number of likely N-dealkylation sites (tertiary alicyclic amines) is 1. The minimum absolute atomic E-state index is 0.0320. The first-order valence-electron chi connectivity index (χ1n) is 10.1. The molecule has 0 radical (unpaired) electrons. The predicted octanol–water partition coefficient (Wildman–Crippen LogP) is 4.79. The van der Waals surface area contributed by atoms with Crippen LogP contribution in [0.25, 0.3) is 10.8 Å². The predicted molar refractivity (Wildman–Crippen MR) is 109 cm³/mol. The van der Waals surface area contributed by atoms with Gasteiger partial charge in [-0.3, -0.25) is 9.69 Å². The number of esters is 1. The standard InChI is InChI=1S/C23H31NO3/c1-4-6-9-20(5-2)27-22-10-7-8-18-13-17(11-12-21(18)22)14-24-15-19(16-24)23(25)26-3/h7-8,10-13,19-20H,4-6,9,14-16H2,1-3H3/t20-/m1/s1. The van der Waals surface area contributed by atoms with E-state index in [9.17, 15) is 4.79 Å². The second kappa shape index (κ2) is 9.23. The molecular formula is C23H31NO3. The van der Waals surface area contributed by atoms with Crippen LogP contribution in [0.5, 0.6) is 5.75 Å². The molecule has 0 saturated carbocycles. The van der Waals surface area contributed by atoms with Gasteiger partial charge in [-0.2, -0.15) is 0 Å². The van der Waals surface area contributed by atoms with E-state index in [4.69, 9.17) is 9.47 Å². The van der Waals surface area contributed by atoms with Gasteiger partial charge in [0.1, 0.15) is 5.75 Å².